The van der Waals surface area contributed by atoms with Gasteiger partial charge in [0.05, 0.1) is 5.56 Å². The Kier molecular flexibility index (Phi) is 4.49. The monoisotopic (exact) mass is 365 g/mol. The van der Waals surface area contributed by atoms with Crippen LogP contribution in [0.5, 0.6) is 0 Å². The summed E-state index contributed by atoms with van der Waals surface area (Å²) < 4.78 is 38.9. The van der Waals surface area contributed by atoms with Gasteiger partial charge < -0.3 is 15.4 Å². The Balaban J connectivity index is 1.71. The number of nitrogens with one attached hydrogen (secondary N) is 1. The second-order valence-corrected chi connectivity index (χ2v) is 5.76. The van der Waals surface area contributed by atoms with Crippen molar-refractivity contribution in [2.75, 3.05) is 11.9 Å². The largest absolute Gasteiger partial charge is 0.416 e. The summed E-state index contributed by atoms with van der Waals surface area (Å²) in [6.45, 7) is 2.25. The van der Waals surface area contributed by atoms with Gasteiger partial charge >= 0.3 is 12.0 Å². The number of rotatable bonds is 5. The van der Waals surface area contributed by atoms with E-state index in [0.717, 1.165) is 28.4 Å². The van der Waals surface area contributed by atoms with Crippen molar-refractivity contribution < 1.29 is 18.1 Å². The number of imidazole rings is 1. The fraction of sp³-hybridized carbons (Fsp3) is 0.250. The quantitative estimate of drug-likeness (QED) is 0.548. The molecule has 3 aromatic rings. The normalized spacial score (nSPS) is 12.9. The van der Waals surface area contributed by atoms with E-state index in [1.54, 1.807) is 12.1 Å². The second-order valence-electron chi connectivity index (χ2n) is 5.76. The zero-order chi connectivity index (χ0) is 18.9. The van der Waals surface area contributed by atoms with Crippen molar-refractivity contribution in [3.63, 3.8) is 0 Å². The molecule has 0 aliphatic heterocycles. The molecule has 3 rings (SSSR count). The molecule has 0 spiro atoms. The fourth-order valence-corrected chi connectivity index (χ4v) is 2.46. The number of hydrogen-bond donors (Lipinski definition) is 1. The van der Waals surface area contributed by atoms with Gasteiger partial charge in [-0.05, 0) is 34.6 Å². The van der Waals surface area contributed by atoms with Crippen LogP contribution < -0.4 is 5.32 Å². The van der Waals surface area contributed by atoms with Gasteiger partial charge in [0, 0.05) is 12.6 Å². The molecule has 0 radical (unpaired) electrons. The molecule has 10 heteroatoms. The van der Waals surface area contributed by atoms with Gasteiger partial charge in [-0.3, -0.25) is 0 Å². The highest BCUT2D eigenvalue weighted by molar-refractivity contribution is 5.48. The lowest BCUT2D eigenvalue weighted by atomic mass is 9.99. The Morgan fingerprint density at radius 2 is 1.92 bits per heavy atom. The Morgan fingerprint density at radius 3 is 2.54 bits per heavy atom. The first-order valence-corrected chi connectivity index (χ1v) is 7.66. The van der Waals surface area contributed by atoms with E-state index in [0.29, 0.717) is 18.0 Å². The van der Waals surface area contributed by atoms with Crippen LogP contribution in [-0.4, -0.2) is 26.1 Å². The molecule has 7 nitrogen and oxygen atoms in total. The second kappa shape index (κ2) is 6.62. The van der Waals surface area contributed by atoms with Crippen molar-refractivity contribution in [1.82, 2.24) is 14.6 Å². The first-order valence-electron chi connectivity index (χ1n) is 7.66. The molecule has 0 aliphatic carbocycles. The molecule has 136 valence electrons. The van der Waals surface area contributed by atoms with E-state index in [4.69, 9.17) is 0 Å². The molecule has 2 aromatic heterocycles. The summed E-state index contributed by atoms with van der Waals surface area (Å²) in [5.41, 5.74) is 0.388. The van der Waals surface area contributed by atoms with Crippen molar-refractivity contribution in [3.8, 4) is 0 Å². The SMILES string of the molecule is CC(CNc1ccc2ncc([N+](=O)[O-])n2n1)c1ccc(C(F)(F)F)cc1. The maximum Gasteiger partial charge on any atom is 0.416 e. The van der Waals surface area contributed by atoms with Gasteiger partial charge in [-0.25, -0.2) is 4.98 Å². The number of alkyl halides is 3. The van der Waals surface area contributed by atoms with Gasteiger partial charge in [-0.1, -0.05) is 28.7 Å². The van der Waals surface area contributed by atoms with Crippen molar-refractivity contribution in [2.45, 2.75) is 19.0 Å². The third-order valence-electron chi connectivity index (χ3n) is 3.93. The molecule has 1 unspecified atom stereocenters. The highest BCUT2D eigenvalue weighted by atomic mass is 19.4. The van der Waals surface area contributed by atoms with Crippen LogP contribution in [0.25, 0.3) is 5.65 Å². The molecular weight excluding hydrogens is 351 g/mol. The van der Waals surface area contributed by atoms with E-state index in [2.05, 4.69) is 15.4 Å². The summed E-state index contributed by atoms with van der Waals surface area (Å²) in [4.78, 5) is 14.2. The van der Waals surface area contributed by atoms with Crippen molar-refractivity contribution in [2.24, 2.45) is 0 Å². The van der Waals surface area contributed by atoms with Crippen molar-refractivity contribution >= 4 is 17.3 Å². The van der Waals surface area contributed by atoms with Crippen LogP contribution >= 0.6 is 0 Å². The van der Waals surface area contributed by atoms with Crippen molar-refractivity contribution in [1.29, 1.82) is 0 Å². The summed E-state index contributed by atoms with van der Waals surface area (Å²) >= 11 is 0. The molecule has 2 heterocycles. The van der Waals surface area contributed by atoms with Crippen LogP contribution in [0.15, 0.2) is 42.6 Å². The zero-order valence-corrected chi connectivity index (χ0v) is 13.6. The summed E-state index contributed by atoms with van der Waals surface area (Å²) in [5, 5.41) is 18.1. The van der Waals surface area contributed by atoms with Crippen LogP contribution in [0.2, 0.25) is 0 Å². The van der Waals surface area contributed by atoms with Crippen LogP contribution in [0.3, 0.4) is 0 Å². The molecule has 0 saturated carbocycles. The number of nitrogens with zero attached hydrogens (tertiary/aromatic N) is 4. The Morgan fingerprint density at radius 1 is 1.23 bits per heavy atom. The zero-order valence-electron chi connectivity index (χ0n) is 13.6. The summed E-state index contributed by atoms with van der Waals surface area (Å²) in [6.07, 6.45) is -3.24. The first-order chi connectivity index (χ1) is 12.3. The van der Waals surface area contributed by atoms with Gasteiger partial charge in [0.1, 0.15) is 6.20 Å². The summed E-state index contributed by atoms with van der Waals surface area (Å²) in [5.74, 6) is 0.0596. The molecule has 0 fully saturated rings. The van der Waals surface area contributed by atoms with Gasteiger partial charge in [-0.2, -0.15) is 13.2 Å². The topological polar surface area (TPSA) is 85.4 Å². The van der Waals surface area contributed by atoms with Gasteiger partial charge in [0.25, 0.3) is 0 Å². The third kappa shape index (κ3) is 3.58. The highest BCUT2D eigenvalue weighted by Crippen LogP contribution is 2.30. The summed E-state index contributed by atoms with van der Waals surface area (Å²) in [7, 11) is 0. The number of nitro groups is 1. The maximum atomic E-state index is 12.6. The Bertz CT molecular complexity index is 937. The van der Waals surface area contributed by atoms with E-state index < -0.39 is 16.7 Å². The Labute approximate surface area is 145 Å². The number of halogens is 3. The number of fused-ring (bicyclic) bond motifs is 1. The van der Waals surface area contributed by atoms with Gasteiger partial charge in [-0.15, -0.1) is 0 Å². The molecule has 0 saturated heterocycles. The molecule has 1 N–H and O–H groups in total. The minimum atomic E-state index is -4.36. The molecule has 1 aromatic carbocycles. The first kappa shape index (κ1) is 17.6. The minimum absolute atomic E-state index is 0.0902. The average Bonchev–Trinajstić information content (AvgIpc) is 3.02. The standard InChI is InChI=1S/C16H14F3N5O2/c1-10(11-2-4-12(5-3-11)16(17,18)19)8-20-13-6-7-14-21-9-15(24(25)26)23(14)22-13/h2-7,9-10H,8H2,1H3,(H,20,22). The predicted molar refractivity (Wildman–Crippen MR) is 88.0 cm³/mol. The molecular formula is C16H14F3N5O2. The fourth-order valence-electron chi connectivity index (χ4n) is 2.46. The maximum absolute atomic E-state index is 12.6. The van der Waals surface area contributed by atoms with Crippen LogP contribution in [0.4, 0.5) is 24.8 Å². The number of benzene rings is 1. The van der Waals surface area contributed by atoms with Crippen LogP contribution in [-0.2, 0) is 6.18 Å². The van der Waals surface area contributed by atoms with Crippen LogP contribution in [0, 0.1) is 10.1 Å². The average molecular weight is 365 g/mol. The number of aromatic nitrogens is 3. The molecule has 1 atom stereocenters. The lowest BCUT2D eigenvalue weighted by Crippen LogP contribution is -2.12. The van der Waals surface area contributed by atoms with E-state index in [9.17, 15) is 23.3 Å². The third-order valence-corrected chi connectivity index (χ3v) is 3.93. The molecule has 0 amide bonds. The smallest absolute Gasteiger partial charge is 0.366 e. The predicted octanol–water partition coefficient (Wildman–Crippen LogP) is 3.87. The van der Waals surface area contributed by atoms with E-state index in [1.807, 2.05) is 6.92 Å². The minimum Gasteiger partial charge on any atom is -0.366 e. The van der Waals surface area contributed by atoms with Gasteiger partial charge in [0.15, 0.2) is 5.82 Å². The summed E-state index contributed by atoms with van der Waals surface area (Å²) in [6, 6.07) is 8.19. The van der Waals surface area contributed by atoms with E-state index >= 15 is 0 Å². The molecule has 26 heavy (non-hydrogen) atoms. The lowest BCUT2D eigenvalue weighted by molar-refractivity contribution is -0.391. The van der Waals surface area contributed by atoms with E-state index in [1.165, 1.54) is 12.1 Å². The molecule has 0 bridgehead atoms. The Hall–Kier alpha value is -3.17. The van der Waals surface area contributed by atoms with Gasteiger partial charge in [0.2, 0.25) is 5.65 Å². The number of hydrogen-bond acceptors (Lipinski definition) is 5. The number of anilines is 1. The lowest BCUT2D eigenvalue weighted by Gasteiger charge is -2.14. The van der Waals surface area contributed by atoms with Crippen molar-refractivity contribution in [3.05, 3.63) is 63.8 Å². The highest BCUT2D eigenvalue weighted by Gasteiger charge is 2.30. The molecule has 0 aliphatic rings. The van der Waals surface area contributed by atoms with E-state index in [-0.39, 0.29) is 11.7 Å². The van der Waals surface area contributed by atoms with Crippen LogP contribution in [0.1, 0.15) is 24.0 Å².